The summed E-state index contributed by atoms with van der Waals surface area (Å²) in [4.78, 5) is 16.2. The molecule has 0 aliphatic carbocycles. The number of nitrogens with one attached hydrogen (secondary N) is 2. The number of aromatic nitrogens is 3. The molecule has 1 saturated heterocycles. The van der Waals surface area contributed by atoms with Crippen molar-refractivity contribution in [3.05, 3.63) is 36.7 Å². The molecule has 0 bridgehead atoms. The lowest BCUT2D eigenvalue weighted by Crippen LogP contribution is -2.38. The maximum Gasteiger partial charge on any atom is 0.320 e. The molecule has 2 aromatic rings. The van der Waals surface area contributed by atoms with E-state index < -0.39 is 9.84 Å². The first-order valence-electron chi connectivity index (χ1n) is 8.17. The van der Waals surface area contributed by atoms with E-state index in [1.807, 2.05) is 18.2 Å². The quantitative estimate of drug-likeness (QED) is 0.858. The third-order valence-electron chi connectivity index (χ3n) is 4.35. The molecular formula is C16H21N5O3S. The number of amides is 2. The predicted octanol–water partition coefficient (Wildman–Crippen LogP) is 1.60. The van der Waals surface area contributed by atoms with E-state index in [2.05, 4.69) is 20.7 Å². The molecule has 1 aliphatic rings. The van der Waals surface area contributed by atoms with Crippen LogP contribution in [0.15, 0.2) is 36.7 Å². The Bertz CT molecular complexity index is 834. The standard InChI is InChI=1S/C16H21N5O3S/c1-12-10-13(6-9-25(12,23)24)11-18-16(22)19-14-5-8-21(20-14)15-4-2-3-7-17-15/h2-5,7-8,12-13H,6,9-11H2,1H3,(H2,18,19,20,22). The highest BCUT2D eigenvalue weighted by atomic mass is 32.2. The Kier molecular flexibility index (Phi) is 5.03. The van der Waals surface area contributed by atoms with Crippen LogP contribution in [0.1, 0.15) is 19.8 Å². The van der Waals surface area contributed by atoms with E-state index >= 15 is 0 Å². The molecule has 2 atom stereocenters. The van der Waals surface area contributed by atoms with Crippen LogP contribution in [0.4, 0.5) is 10.6 Å². The average Bonchev–Trinajstić information content (AvgIpc) is 3.05. The molecule has 1 fully saturated rings. The fraction of sp³-hybridized carbons (Fsp3) is 0.438. The van der Waals surface area contributed by atoms with Crippen LogP contribution in [0.5, 0.6) is 0 Å². The highest BCUT2D eigenvalue weighted by Gasteiger charge is 2.30. The number of hydrogen-bond donors (Lipinski definition) is 2. The van der Waals surface area contributed by atoms with E-state index in [0.29, 0.717) is 31.0 Å². The van der Waals surface area contributed by atoms with Crippen LogP contribution in [-0.2, 0) is 9.84 Å². The largest absolute Gasteiger partial charge is 0.338 e. The zero-order valence-corrected chi connectivity index (χ0v) is 14.7. The number of carbonyl (C=O) groups is 1. The normalized spacial score (nSPS) is 22.3. The number of urea groups is 1. The minimum absolute atomic E-state index is 0.176. The van der Waals surface area contributed by atoms with Crippen molar-refractivity contribution in [1.29, 1.82) is 0 Å². The zero-order chi connectivity index (χ0) is 17.9. The number of anilines is 1. The second-order valence-corrected chi connectivity index (χ2v) is 8.78. The number of rotatable bonds is 4. The van der Waals surface area contributed by atoms with Crippen molar-refractivity contribution in [2.75, 3.05) is 17.6 Å². The van der Waals surface area contributed by atoms with Gasteiger partial charge in [-0.2, -0.15) is 0 Å². The number of pyridine rings is 1. The van der Waals surface area contributed by atoms with Crippen molar-refractivity contribution in [2.45, 2.75) is 25.0 Å². The van der Waals surface area contributed by atoms with Gasteiger partial charge in [-0.05, 0) is 37.8 Å². The summed E-state index contributed by atoms with van der Waals surface area (Å²) in [7, 11) is -2.95. The van der Waals surface area contributed by atoms with Crippen LogP contribution in [0, 0.1) is 5.92 Å². The summed E-state index contributed by atoms with van der Waals surface area (Å²) in [6.07, 6.45) is 4.55. The molecular weight excluding hydrogens is 342 g/mol. The van der Waals surface area contributed by atoms with Crippen LogP contribution in [0.2, 0.25) is 0 Å². The summed E-state index contributed by atoms with van der Waals surface area (Å²) < 4.78 is 25.0. The average molecular weight is 363 g/mol. The van der Waals surface area contributed by atoms with Gasteiger partial charge >= 0.3 is 6.03 Å². The summed E-state index contributed by atoms with van der Waals surface area (Å²) in [6, 6.07) is 6.82. The number of hydrogen-bond acceptors (Lipinski definition) is 5. The van der Waals surface area contributed by atoms with E-state index in [4.69, 9.17) is 0 Å². The molecule has 25 heavy (non-hydrogen) atoms. The van der Waals surface area contributed by atoms with Crippen molar-refractivity contribution in [3.8, 4) is 5.82 Å². The molecule has 1 aliphatic heterocycles. The second kappa shape index (κ2) is 7.22. The monoisotopic (exact) mass is 363 g/mol. The van der Waals surface area contributed by atoms with Crippen molar-refractivity contribution < 1.29 is 13.2 Å². The second-order valence-electron chi connectivity index (χ2n) is 6.24. The Labute approximate surface area is 146 Å². The van der Waals surface area contributed by atoms with Gasteiger partial charge in [0.15, 0.2) is 21.5 Å². The molecule has 0 aromatic carbocycles. The van der Waals surface area contributed by atoms with Crippen LogP contribution in [0.3, 0.4) is 0 Å². The van der Waals surface area contributed by atoms with Gasteiger partial charge in [0, 0.05) is 25.0 Å². The van der Waals surface area contributed by atoms with Gasteiger partial charge in [-0.15, -0.1) is 5.10 Å². The minimum Gasteiger partial charge on any atom is -0.338 e. The highest BCUT2D eigenvalue weighted by molar-refractivity contribution is 7.92. The summed E-state index contributed by atoms with van der Waals surface area (Å²) in [5.74, 6) is 1.45. The Balaban J connectivity index is 1.50. The molecule has 0 radical (unpaired) electrons. The minimum atomic E-state index is -2.95. The first-order chi connectivity index (χ1) is 11.9. The number of sulfone groups is 1. The van der Waals surface area contributed by atoms with E-state index in [-0.39, 0.29) is 23.0 Å². The predicted molar refractivity (Wildman–Crippen MR) is 94.4 cm³/mol. The third kappa shape index (κ3) is 4.36. The van der Waals surface area contributed by atoms with Crippen LogP contribution >= 0.6 is 0 Å². The smallest absolute Gasteiger partial charge is 0.320 e. The van der Waals surface area contributed by atoms with Gasteiger partial charge in [0.2, 0.25) is 0 Å². The van der Waals surface area contributed by atoms with Crippen LogP contribution in [0.25, 0.3) is 5.82 Å². The lowest BCUT2D eigenvalue weighted by molar-refractivity contribution is 0.249. The van der Waals surface area contributed by atoms with Gasteiger partial charge in [0.1, 0.15) is 0 Å². The third-order valence-corrected chi connectivity index (χ3v) is 6.58. The Hall–Kier alpha value is -2.42. The molecule has 2 aromatic heterocycles. The van der Waals surface area contributed by atoms with Gasteiger partial charge in [-0.3, -0.25) is 5.32 Å². The topological polar surface area (TPSA) is 106 Å². The van der Waals surface area contributed by atoms with Crippen molar-refractivity contribution in [3.63, 3.8) is 0 Å². The summed E-state index contributed by atoms with van der Waals surface area (Å²) in [5.41, 5.74) is 0. The van der Waals surface area contributed by atoms with E-state index in [0.717, 1.165) is 0 Å². The van der Waals surface area contributed by atoms with E-state index in [1.165, 1.54) is 0 Å². The lowest BCUT2D eigenvalue weighted by Gasteiger charge is -2.26. The van der Waals surface area contributed by atoms with Crippen LogP contribution < -0.4 is 10.6 Å². The fourth-order valence-corrected chi connectivity index (χ4v) is 4.49. The molecule has 2 unspecified atom stereocenters. The fourth-order valence-electron chi connectivity index (χ4n) is 2.86. The van der Waals surface area contributed by atoms with Gasteiger partial charge in [0.25, 0.3) is 0 Å². The van der Waals surface area contributed by atoms with Gasteiger partial charge < -0.3 is 5.32 Å². The molecule has 9 heteroatoms. The van der Waals surface area contributed by atoms with E-state index in [1.54, 1.807) is 30.1 Å². The van der Waals surface area contributed by atoms with Crippen molar-refractivity contribution in [1.82, 2.24) is 20.1 Å². The Morgan fingerprint density at radius 2 is 2.20 bits per heavy atom. The molecule has 2 N–H and O–H groups in total. The molecule has 3 rings (SSSR count). The van der Waals surface area contributed by atoms with Crippen LogP contribution in [-0.4, -0.2) is 46.8 Å². The van der Waals surface area contributed by atoms with Gasteiger partial charge in [-0.25, -0.2) is 22.9 Å². The van der Waals surface area contributed by atoms with Gasteiger partial charge in [-0.1, -0.05) is 6.07 Å². The van der Waals surface area contributed by atoms with E-state index in [9.17, 15) is 13.2 Å². The maximum absolute atomic E-state index is 12.0. The lowest BCUT2D eigenvalue weighted by atomic mass is 10.00. The molecule has 2 amide bonds. The summed E-state index contributed by atoms with van der Waals surface area (Å²) >= 11 is 0. The SMILES string of the molecule is CC1CC(CNC(=O)Nc2ccn(-c3ccccn3)n2)CCS1(=O)=O. The first kappa shape index (κ1) is 17.4. The molecule has 0 saturated carbocycles. The number of nitrogens with zero attached hydrogens (tertiary/aromatic N) is 3. The number of carbonyl (C=O) groups excluding carboxylic acids is 1. The Morgan fingerprint density at radius 3 is 2.92 bits per heavy atom. The van der Waals surface area contributed by atoms with Crippen molar-refractivity contribution >= 4 is 21.7 Å². The highest BCUT2D eigenvalue weighted by Crippen LogP contribution is 2.24. The first-order valence-corrected chi connectivity index (χ1v) is 9.89. The molecule has 8 nitrogen and oxygen atoms in total. The molecule has 0 spiro atoms. The Morgan fingerprint density at radius 1 is 1.36 bits per heavy atom. The summed E-state index contributed by atoms with van der Waals surface area (Å²) in [6.45, 7) is 2.18. The van der Waals surface area contributed by atoms with Crippen molar-refractivity contribution in [2.24, 2.45) is 5.92 Å². The maximum atomic E-state index is 12.0. The zero-order valence-electron chi connectivity index (χ0n) is 13.9. The van der Waals surface area contributed by atoms with Gasteiger partial charge in [0.05, 0.1) is 11.0 Å². The molecule has 3 heterocycles. The molecule has 134 valence electrons. The summed E-state index contributed by atoms with van der Waals surface area (Å²) in [5, 5.41) is 9.37.